The van der Waals surface area contributed by atoms with Crippen molar-refractivity contribution < 1.29 is 19.1 Å². The molecular weight excluding hydrogens is 738 g/mol. The molecule has 3 aromatic heterocycles. The van der Waals surface area contributed by atoms with E-state index in [-0.39, 0.29) is 23.6 Å². The first-order chi connectivity index (χ1) is 25.7. The first kappa shape index (κ1) is 35.0. The van der Waals surface area contributed by atoms with Crippen LogP contribution in [0, 0.1) is 12.8 Å². The number of amides is 3. The van der Waals surface area contributed by atoms with Crippen LogP contribution in [-0.4, -0.2) is 98.1 Å². The van der Waals surface area contributed by atoms with E-state index in [1.165, 1.54) is 0 Å². The molecule has 3 fully saturated rings. The molecule has 8 rings (SSSR count). The highest BCUT2D eigenvalue weighted by molar-refractivity contribution is 9.10. The molecule has 1 atom stereocenters. The average Bonchev–Trinajstić information content (AvgIpc) is 3.75. The minimum absolute atomic E-state index is 0.0292. The smallest absolute Gasteiger partial charge is 0.253 e. The highest BCUT2D eigenvalue weighted by atomic mass is 79.9. The highest BCUT2D eigenvalue weighted by Crippen LogP contribution is 2.37. The van der Waals surface area contributed by atoms with Gasteiger partial charge < -0.3 is 19.5 Å². The van der Waals surface area contributed by atoms with E-state index in [2.05, 4.69) is 63.2 Å². The quantitative estimate of drug-likeness (QED) is 0.198. The molecule has 3 amide bonds. The number of anilines is 1. The Hall–Kier alpha value is -5.08. The lowest BCUT2D eigenvalue weighted by molar-refractivity contribution is -0.134. The number of rotatable bonds is 8. The van der Waals surface area contributed by atoms with Crippen LogP contribution < -0.4 is 15.0 Å². The molecule has 0 radical (unpaired) electrons. The molecule has 13 nitrogen and oxygen atoms in total. The zero-order valence-corrected chi connectivity index (χ0v) is 31.4. The number of aryl methyl sites for hydroxylation is 2. The lowest BCUT2D eigenvalue weighted by Gasteiger charge is -2.39. The van der Waals surface area contributed by atoms with Gasteiger partial charge in [-0.25, -0.2) is 9.97 Å². The predicted octanol–water partition coefficient (Wildman–Crippen LogP) is 5.42. The summed E-state index contributed by atoms with van der Waals surface area (Å²) >= 11 is 3.58. The van der Waals surface area contributed by atoms with E-state index in [0.717, 1.165) is 68.1 Å². The molecule has 3 aliphatic heterocycles. The average molecular weight is 781 g/mol. The van der Waals surface area contributed by atoms with Gasteiger partial charge in [0.05, 0.1) is 21.6 Å². The summed E-state index contributed by atoms with van der Waals surface area (Å²) in [5, 5.41) is 6.90. The van der Waals surface area contributed by atoms with Crippen LogP contribution in [0.4, 0.5) is 5.69 Å². The van der Waals surface area contributed by atoms with E-state index < -0.39 is 0 Å². The molecule has 3 aliphatic rings. The Morgan fingerprint density at radius 1 is 1.00 bits per heavy atom. The Kier molecular flexibility index (Phi) is 9.73. The number of ether oxygens (including phenoxy) is 1. The second-order valence-corrected chi connectivity index (χ2v) is 15.1. The van der Waals surface area contributed by atoms with Gasteiger partial charge in [-0.15, -0.1) is 0 Å². The van der Waals surface area contributed by atoms with Gasteiger partial charge in [0.2, 0.25) is 11.8 Å². The van der Waals surface area contributed by atoms with Crippen molar-refractivity contribution in [1.82, 2.24) is 39.8 Å². The lowest BCUT2D eigenvalue weighted by atomic mass is 9.90. The predicted molar refractivity (Wildman–Crippen MR) is 204 cm³/mol. The number of hydrogen-bond donors (Lipinski definition) is 2. The van der Waals surface area contributed by atoms with Crippen molar-refractivity contribution in [3.63, 3.8) is 0 Å². The topological polar surface area (TPSA) is 142 Å². The lowest BCUT2D eigenvalue weighted by Crippen LogP contribution is -2.50. The van der Waals surface area contributed by atoms with Gasteiger partial charge in [-0.3, -0.25) is 29.3 Å². The third-order valence-electron chi connectivity index (χ3n) is 10.7. The molecule has 0 aliphatic carbocycles. The van der Waals surface area contributed by atoms with Gasteiger partial charge >= 0.3 is 0 Å². The van der Waals surface area contributed by atoms with Crippen molar-refractivity contribution in [2.24, 2.45) is 13.0 Å². The van der Waals surface area contributed by atoms with Gasteiger partial charge in [-0.05, 0) is 90.0 Å². The molecule has 0 unspecified atom stereocenters. The van der Waals surface area contributed by atoms with E-state index in [1.54, 1.807) is 10.9 Å². The van der Waals surface area contributed by atoms with Crippen LogP contribution in [0.2, 0.25) is 0 Å². The Morgan fingerprint density at radius 3 is 2.49 bits per heavy atom. The third kappa shape index (κ3) is 7.42. The van der Waals surface area contributed by atoms with Crippen LogP contribution in [0.5, 0.6) is 11.5 Å². The molecule has 0 saturated carbocycles. The maximum absolute atomic E-state index is 13.5. The van der Waals surface area contributed by atoms with E-state index in [0.29, 0.717) is 70.4 Å². The number of imidazole rings is 1. The van der Waals surface area contributed by atoms with Crippen molar-refractivity contribution in [2.75, 3.05) is 50.7 Å². The van der Waals surface area contributed by atoms with Gasteiger partial charge in [0.1, 0.15) is 17.1 Å². The van der Waals surface area contributed by atoms with Crippen molar-refractivity contribution >= 4 is 50.5 Å². The molecule has 0 spiro atoms. The van der Waals surface area contributed by atoms with Gasteiger partial charge in [-0.1, -0.05) is 12.1 Å². The summed E-state index contributed by atoms with van der Waals surface area (Å²) < 4.78 is 8.74. The molecule has 2 aromatic carbocycles. The number of imide groups is 1. The number of carbonyl (C=O) groups is 3. The summed E-state index contributed by atoms with van der Waals surface area (Å²) in [5.74, 6) is 1.82. The second kappa shape index (κ2) is 14.7. The first-order valence-electron chi connectivity index (χ1n) is 18.2. The molecule has 5 aromatic rings. The summed E-state index contributed by atoms with van der Waals surface area (Å²) in [7, 11) is 1.88. The molecule has 2 N–H and O–H groups in total. The van der Waals surface area contributed by atoms with Crippen LogP contribution in [-0.2, 0) is 16.6 Å². The number of nitrogens with one attached hydrogen (secondary N) is 2. The largest absolute Gasteiger partial charge is 0.454 e. The number of piperidine rings is 2. The zero-order chi connectivity index (χ0) is 36.6. The van der Waals surface area contributed by atoms with Gasteiger partial charge in [0.15, 0.2) is 11.4 Å². The number of pyridine rings is 1. The number of fused-ring (bicyclic) bond motifs is 1. The number of halogens is 1. The van der Waals surface area contributed by atoms with Crippen LogP contribution in [0.3, 0.4) is 0 Å². The summed E-state index contributed by atoms with van der Waals surface area (Å²) in [5.41, 5.74) is 5.71. The maximum atomic E-state index is 13.5. The standard InChI is InChI=1S/C39H42BrN9O4/c1-24-31(23-46(2)45-24)36-43-34-35(32(40)21-41-37(34)44-36)53-29-8-6-26(7-9-29)39(52)49-18-16-47(17-19-49)22-25-12-14-48(15-13-25)28-5-3-4-27(20-28)30-10-11-33(50)42-38(30)51/h3-9,20-21,23,25,30H,10-19,22H2,1-2H3,(H,41,43,44)(H,42,50,51)/t30-/m0/s1. The molecular formula is C39H42BrN9O4. The number of hydrogen-bond acceptors (Lipinski definition) is 9. The third-order valence-corrected chi connectivity index (χ3v) is 11.3. The monoisotopic (exact) mass is 779 g/mol. The molecule has 6 heterocycles. The number of benzene rings is 2. The summed E-state index contributed by atoms with van der Waals surface area (Å²) in [6, 6.07) is 15.5. The number of piperazine rings is 1. The van der Waals surface area contributed by atoms with Crippen molar-refractivity contribution in [3.8, 4) is 22.9 Å². The SMILES string of the molecule is Cc1nn(C)cc1-c1nc2ncc(Br)c(Oc3ccc(C(=O)N4CCN(CC5CCN(c6cccc([C@@H]7CCC(=O)NC7=O)c6)CC5)CC4)cc3)c2[nH]1. The number of aromatic nitrogens is 5. The number of aromatic amines is 1. The minimum Gasteiger partial charge on any atom is -0.454 e. The fraction of sp³-hybridized carbons (Fsp3) is 0.385. The number of carbonyl (C=O) groups excluding carboxylic acids is 3. The van der Waals surface area contributed by atoms with E-state index in [1.807, 2.05) is 61.5 Å². The van der Waals surface area contributed by atoms with E-state index in [9.17, 15) is 14.4 Å². The van der Waals surface area contributed by atoms with Crippen LogP contribution in [0.15, 0.2) is 65.4 Å². The Balaban J connectivity index is 0.823. The number of nitrogens with zero attached hydrogens (tertiary/aromatic N) is 7. The van der Waals surface area contributed by atoms with Gasteiger partial charge in [-0.2, -0.15) is 5.10 Å². The second-order valence-electron chi connectivity index (χ2n) is 14.3. The van der Waals surface area contributed by atoms with Gasteiger partial charge in [0, 0.05) is 82.9 Å². The fourth-order valence-electron chi connectivity index (χ4n) is 7.76. The molecule has 53 heavy (non-hydrogen) atoms. The Bertz CT molecular complexity index is 2170. The first-order valence-corrected chi connectivity index (χ1v) is 19.0. The van der Waals surface area contributed by atoms with Crippen LogP contribution in [0.25, 0.3) is 22.6 Å². The van der Waals surface area contributed by atoms with Gasteiger partial charge in [0.25, 0.3) is 5.91 Å². The summed E-state index contributed by atoms with van der Waals surface area (Å²) in [6.07, 6.45) is 6.74. The number of H-pyrrole nitrogens is 1. The van der Waals surface area contributed by atoms with Crippen LogP contribution >= 0.6 is 15.9 Å². The molecule has 0 bridgehead atoms. The maximum Gasteiger partial charge on any atom is 0.253 e. The minimum atomic E-state index is -0.267. The summed E-state index contributed by atoms with van der Waals surface area (Å²) in [6.45, 7) is 8.03. The van der Waals surface area contributed by atoms with Crippen molar-refractivity contribution in [3.05, 3.63) is 82.2 Å². The fourth-order valence-corrected chi connectivity index (χ4v) is 8.14. The van der Waals surface area contributed by atoms with Crippen molar-refractivity contribution in [2.45, 2.75) is 38.5 Å². The molecule has 274 valence electrons. The van der Waals surface area contributed by atoms with Crippen molar-refractivity contribution in [1.29, 1.82) is 0 Å². The van der Waals surface area contributed by atoms with E-state index in [4.69, 9.17) is 4.74 Å². The van der Waals surface area contributed by atoms with Crippen LogP contribution in [0.1, 0.15) is 53.2 Å². The van der Waals surface area contributed by atoms with E-state index >= 15 is 0 Å². The summed E-state index contributed by atoms with van der Waals surface area (Å²) in [4.78, 5) is 56.8. The normalized spacial score (nSPS) is 18.8. The molecule has 14 heteroatoms. The highest BCUT2D eigenvalue weighted by Gasteiger charge is 2.30. The molecule has 3 saturated heterocycles. The Morgan fingerprint density at radius 2 is 1.77 bits per heavy atom. The Labute approximate surface area is 315 Å². The zero-order valence-electron chi connectivity index (χ0n) is 29.8.